The normalized spacial score (nSPS) is 20.9. The van der Waals surface area contributed by atoms with Crippen LogP contribution in [0.1, 0.15) is 95.1 Å². The number of likely N-dealkylation sites (N-methyl/N-ethyl adjacent to an activating group) is 1. The van der Waals surface area contributed by atoms with Crippen LogP contribution in [-0.4, -0.2) is 43.0 Å². The lowest BCUT2D eigenvalue weighted by molar-refractivity contribution is -0.211. The Morgan fingerprint density at radius 1 is 0.821 bits per heavy atom. The lowest BCUT2D eigenvalue weighted by Crippen LogP contribution is -2.55. The Morgan fingerprint density at radius 3 is 2.10 bits per heavy atom. The zero-order chi connectivity index (χ0) is 27.6. The monoisotopic (exact) mass is 534 g/mol. The standard InChI is InChI=1S/C34H50N2O3/c1-3-4-5-9-18-25-39-34(36(2)24-17-8-6-7-16-23-35)27-32(37-28-30-19-12-10-13-20-30)26-33(34)38-29-31-21-14-11-15-22-31/h10-15,19-22,32-33H,3-9,16-18,24-29H2,1-2H3/t32-,33+,34-/m1/s1. The van der Waals surface area contributed by atoms with Crippen LogP contribution in [0.3, 0.4) is 0 Å². The van der Waals surface area contributed by atoms with E-state index in [9.17, 15) is 0 Å². The van der Waals surface area contributed by atoms with Crippen molar-refractivity contribution in [2.24, 2.45) is 0 Å². The minimum atomic E-state index is -0.506. The summed E-state index contributed by atoms with van der Waals surface area (Å²) in [4.78, 5) is 2.41. The van der Waals surface area contributed by atoms with E-state index in [0.29, 0.717) is 19.6 Å². The Morgan fingerprint density at radius 2 is 1.44 bits per heavy atom. The molecule has 0 bridgehead atoms. The number of nitriles is 1. The van der Waals surface area contributed by atoms with Gasteiger partial charge in [0, 0.05) is 32.4 Å². The second-order valence-corrected chi connectivity index (χ2v) is 11.0. The summed E-state index contributed by atoms with van der Waals surface area (Å²) in [7, 11) is 2.20. The van der Waals surface area contributed by atoms with Crippen LogP contribution in [0.25, 0.3) is 0 Å². The molecule has 214 valence electrons. The third kappa shape index (κ3) is 10.7. The van der Waals surface area contributed by atoms with E-state index in [2.05, 4.69) is 73.5 Å². The maximum atomic E-state index is 8.84. The fourth-order valence-corrected chi connectivity index (χ4v) is 5.56. The van der Waals surface area contributed by atoms with Crippen molar-refractivity contribution in [2.75, 3.05) is 20.2 Å². The molecule has 1 aliphatic rings. The molecule has 0 N–H and O–H groups in total. The van der Waals surface area contributed by atoms with Gasteiger partial charge in [0.05, 0.1) is 25.4 Å². The van der Waals surface area contributed by atoms with E-state index >= 15 is 0 Å². The van der Waals surface area contributed by atoms with Gasteiger partial charge in [0.15, 0.2) is 0 Å². The summed E-state index contributed by atoms with van der Waals surface area (Å²) in [5.41, 5.74) is 1.87. The van der Waals surface area contributed by atoms with Crippen molar-refractivity contribution in [2.45, 2.75) is 115 Å². The molecule has 2 aromatic rings. The molecule has 0 amide bonds. The van der Waals surface area contributed by atoms with Crippen molar-refractivity contribution in [1.82, 2.24) is 4.90 Å². The van der Waals surface area contributed by atoms with Crippen molar-refractivity contribution >= 4 is 0 Å². The predicted molar refractivity (Wildman–Crippen MR) is 158 cm³/mol. The molecular weight excluding hydrogens is 484 g/mol. The van der Waals surface area contributed by atoms with Crippen LogP contribution < -0.4 is 0 Å². The maximum Gasteiger partial charge on any atom is 0.150 e. The fraction of sp³-hybridized carbons (Fsp3) is 0.618. The minimum absolute atomic E-state index is 0.0716. The van der Waals surface area contributed by atoms with Gasteiger partial charge in [-0.25, -0.2) is 0 Å². The van der Waals surface area contributed by atoms with Crippen molar-refractivity contribution in [3.63, 3.8) is 0 Å². The van der Waals surface area contributed by atoms with Gasteiger partial charge in [0.2, 0.25) is 0 Å². The van der Waals surface area contributed by atoms with Gasteiger partial charge in [-0.3, -0.25) is 4.90 Å². The molecule has 1 saturated carbocycles. The number of hydrogen-bond donors (Lipinski definition) is 0. The summed E-state index contributed by atoms with van der Waals surface area (Å²) >= 11 is 0. The lowest BCUT2D eigenvalue weighted by atomic mass is 10.1. The molecule has 0 aromatic heterocycles. The molecule has 39 heavy (non-hydrogen) atoms. The average Bonchev–Trinajstić information content (AvgIpc) is 3.34. The predicted octanol–water partition coefficient (Wildman–Crippen LogP) is 8.04. The van der Waals surface area contributed by atoms with Gasteiger partial charge in [-0.1, -0.05) is 106 Å². The molecule has 0 heterocycles. The molecule has 5 heteroatoms. The van der Waals surface area contributed by atoms with Crippen LogP contribution in [0.15, 0.2) is 60.7 Å². The summed E-state index contributed by atoms with van der Waals surface area (Å²) in [6.45, 7) is 5.11. The maximum absolute atomic E-state index is 8.84. The smallest absolute Gasteiger partial charge is 0.150 e. The number of benzene rings is 2. The van der Waals surface area contributed by atoms with Gasteiger partial charge in [0.1, 0.15) is 11.8 Å². The third-order valence-electron chi connectivity index (χ3n) is 7.90. The van der Waals surface area contributed by atoms with E-state index in [1.54, 1.807) is 0 Å². The number of nitrogens with zero attached hydrogens (tertiary/aromatic N) is 2. The van der Waals surface area contributed by atoms with E-state index < -0.39 is 5.72 Å². The molecule has 0 saturated heterocycles. The highest BCUT2D eigenvalue weighted by Gasteiger charge is 2.52. The molecule has 0 unspecified atom stereocenters. The summed E-state index contributed by atoms with van der Waals surface area (Å²) in [5.74, 6) is 0. The summed E-state index contributed by atoms with van der Waals surface area (Å²) in [6, 6.07) is 23.1. The number of ether oxygens (including phenoxy) is 3. The van der Waals surface area contributed by atoms with E-state index in [4.69, 9.17) is 19.5 Å². The van der Waals surface area contributed by atoms with Crippen LogP contribution in [0, 0.1) is 11.3 Å². The Labute approximate surface area is 237 Å². The summed E-state index contributed by atoms with van der Waals surface area (Å²) in [6.07, 6.45) is 12.7. The Bertz CT molecular complexity index is 932. The van der Waals surface area contributed by atoms with Crippen molar-refractivity contribution in [1.29, 1.82) is 5.26 Å². The Balaban J connectivity index is 1.71. The molecule has 0 spiro atoms. The fourth-order valence-electron chi connectivity index (χ4n) is 5.56. The Kier molecular flexibility index (Phi) is 14.6. The molecule has 5 nitrogen and oxygen atoms in total. The first-order valence-electron chi connectivity index (χ1n) is 15.2. The van der Waals surface area contributed by atoms with E-state index in [1.165, 1.54) is 36.8 Å². The largest absolute Gasteiger partial charge is 0.373 e. The zero-order valence-corrected chi connectivity index (χ0v) is 24.4. The highest BCUT2D eigenvalue weighted by atomic mass is 16.6. The molecule has 1 fully saturated rings. The number of rotatable bonds is 20. The topological polar surface area (TPSA) is 54.7 Å². The van der Waals surface area contributed by atoms with Crippen LogP contribution in [0.2, 0.25) is 0 Å². The van der Waals surface area contributed by atoms with Crippen LogP contribution >= 0.6 is 0 Å². The van der Waals surface area contributed by atoms with Gasteiger partial charge in [-0.2, -0.15) is 5.26 Å². The zero-order valence-electron chi connectivity index (χ0n) is 24.4. The molecular formula is C34H50N2O3. The highest BCUT2D eigenvalue weighted by Crippen LogP contribution is 2.41. The molecule has 3 rings (SSSR count). The van der Waals surface area contributed by atoms with Gasteiger partial charge in [-0.15, -0.1) is 0 Å². The van der Waals surface area contributed by atoms with E-state index in [-0.39, 0.29) is 12.2 Å². The second kappa shape index (κ2) is 18.2. The lowest BCUT2D eigenvalue weighted by Gasteiger charge is -2.43. The van der Waals surface area contributed by atoms with Crippen LogP contribution in [-0.2, 0) is 27.4 Å². The second-order valence-electron chi connectivity index (χ2n) is 11.0. The van der Waals surface area contributed by atoms with E-state index in [1.807, 2.05) is 12.1 Å². The SMILES string of the molecule is CCCCCCCO[C@]1(N(C)CCCCCCC#N)C[C@H](OCc2ccccc2)C[C@@H]1OCc1ccccc1. The van der Waals surface area contributed by atoms with Crippen molar-refractivity contribution in [3.05, 3.63) is 71.8 Å². The highest BCUT2D eigenvalue weighted by molar-refractivity contribution is 5.15. The third-order valence-corrected chi connectivity index (χ3v) is 7.90. The van der Waals surface area contributed by atoms with Crippen molar-refractivity contribution < 1.29 is 14.2 Å². The number of hydrogen-bond acceptors (Lipinski definition) is 5. The van der Waals surface area contributed by atoms with Gasteiger partial charge < -0.3 is 14.2 Å². The first-order chi connectivity index (χ1) is 19.2. The van der Waals surface area contributed by atoms with Crippen LogP contribution in [0.4, 0.5) is 0 Å². The average molecular weight is 535 g/mol. The van der Waals surface area contributed by atoms with Crippen LogP contribution in [0.5, 0.6) is 0 Å². The van der Waals surface area contributed by atoms with Gasteiger partial charge in [0.25, 0.3) is 0 Å². The van der Waals surface area contributed by atoms with E-state index in [0.717, 1.165) is 58.1 Å². The molecule has 1 aliphatic carbocycles. The Hall–Kier alpha value is -2.23. The summed E-state index contributed by atoms with van der Waals surface area (Å²) in [5, 5.41) is 8.84. The van der Waals surface area contributed by atoms with Gasteiger partial charge in [-0.05, 0) is 37.4 Å². The first kappa shape index (κ1) is 31.3. The molecule has 2 aromatic carbocycles. The first-order valence-corrected chi connectivity index (χ1v) is 15.2. The van der Waals surface area contributed by atoms with Gasteiger partial charge >= 0.3 is 0 Å². The summed E-state index contributed by atoms with van der Waals surface area (Å²) < 4.78 is 20.1. The quantitative estimate of drug-likeness (QED) is 0.127. The molecule has 3 atom stereocenters. The molecule has 0 aliphatic heterocycles. The minimum Gasteiger partial charge on any atom is -0.373 e. The number of unbranched alkanes of at least 4 members (excludes halogenated alkanes) is 8. The van der Waals surface area contributed by atoms with Crippen molar-refractivity contribution in [3.8, 4) is 6.07 Å². The molecule has 0 radical (unpaired) electrons.